The monoisotopic (exact) mass is 364 g/mol. The fourth-order valence-corrected chi connectivity index (χ4v) is 1.21. The van der Waals surface area contributed by atoms with Crippen molar-refractivity contribution in [3.8, 4) is 0 Å². The second-order valence-electron chi connectivity index (χ2n) is 3.53. The summed E-state index contributed by atoms with van der Waals surface area (Å²) in [7, 11) is 0. The van der Waals surface area contributed by atoms with Crippen LogP contribution in [0, 0.1) is 0 Å². The van der Waals surface area contributed by atoms with Crippen molar-refractivity contribution in [3.63, 3.8) is 0 Å². The topological polar surface area (TPSA) is 9.23 Å². The van der Waals surface area contributed by atoms with E-state index in [1.54, 1.807) is 0 Å². The second-order valence-corrected chi connectivity index (χ2v) is 4.40. The predicted octanol–water partition coefficient (Wildman–Crippen LogP) is 5.03. The number of alkyl halides is 12. The van der Waals surface area contributed by atoms with Crippen molar-refractivity contribution in [1.82, 2.24) is 0 Å². The lowest BCUT2D eigenvalue weighted by Crippen LogP contribution is -2.59. The zero-order valence-corrected chi connectivity index (χ0v) is 10.2. The first kappa shape index (κ1) is 20.5. The first-order valence-corrected chi connectivity index (χ1v) is 5.23. The molecule has 0 aromatic heterocycles. The van der Waals surface area contributed by atoms with Gasteiger partial charge in [0, 0.05) is 0 Å². The Morgan fingerprint density at radius 3 is 1.38 bits per heavy atom. The summed E-state index contributed by atoms with van der Waals surface area (Å²) in [6.45, 7) is 0.0587. The van der Waals surface area contributed by atoms with Crippen molar-refractivity contribution in [3.05, 3.63) is 0 Å². The molecular weight excluding hydrogens is 360 g/mol. The molecule has 0 spiro atoms. The summed E-state index contributed by atoms with van der Waals surface area (Å²) < 4.78 is 149. The largest absolute Gasteiger partial charge is 0.460 e. The normalized spacial score (nSPS) is 17.0. The summed E-state index contributed by atoms with van der Waals surface area (Å²) in [5.74, 6) is -14.2. The summed E-state index contributed by atoms with van der Waals surface area (Å²) in [5, 5.41) is -6.27. The Labute approximate surface area is 112 Å². The van der Waals surface area contributed by atoms with Crippen molar-refractivity contribution < 1.29 is 56.9 Å². The maximum Gasteiger partial charge on any atom is 0.460 e. The van der Waals surface area contributed by atoms with Crippen LogP contribution in [-0.4, -0.2) is 35.6 Å². The van der Waals surface area contributed by atoms with Crippen LogP contribution in [0.2, 0.25) is 0 Å². The maximum absolute atomic E-state index is 12.7. The van der Waals surface area contributed by atoms with E-state index in [4.69, 9.17) is 0 Å². The standard InChI is InChI=1S/C7H4F12OS/c1-2(3(8,9)10)20-21-7(18,19)5(13,14)4(11,12)6(15,16)17/h2H,1H3. The molecule has 0 aliphatic heterocycles. The highest BCUT2D eigenvalue weighted by Crippen LogP contribution is 2.57. The van der Waals surface area contributed by atoms with Gasteiger partial charge in [-0.1, -0.05) is 0 Å². The Kier molecular flexibility index (Phi) is 5.45. The smallest absolute Gasteiger partial charge is 0.297 e. The van der Waals surface area contributed by atoms with Gasteiger partial charge in [0.15, 0.2) is 6.10 Å². The number of rotatable bonds is 5. The Morgan fingerprint density at radius 2 is 1.10 bits per heavy atom. The average Bonchev–Trinajstić information content (AvgIpc) is 2.22. The van der Waals surface area contributed by atoms with Gasteiger partial charge in [0.25, 0.3) is 0 Å². The third-order valence-electron chi connectivity index (χ3n) is 1.87. The maximum atomic E-state index is 12.7. The van der Waals surface area contributed by atoms with Gasteiger partial charge in [0.05, 0.1) is 12.0 Å². The Balaban J connectivity index is 5.23. The van der Waals surface area contributed by atoms with E-state index in [-0.39, 0.29) is 6.92 Å². The minimum absolute atomic E-state index is 0.0587. The summed E-state index contributed by atoms with van der Waals surface area (Å²) in [6.07, 6.45) is -15.5. The van der Waals surface area contributed by atoms with E-state index in [2.05, 4.69) is 4.18 Å². The minimum atomic E-state index is -7.18. The van der Waals surface area contributed by atoms with Crippen LogP contribution in [0.5, 0.6) is 0 Å². The molecule has 1 atom stereocenters. The van der Waals surface area contributed by atoms with Gasteiger partial charge >= 0.3 is 29.5 Å². The predicted molar refractivity (Wildman–Crippen MR) is 45.1 cm³/mol. The highest BCUT2D eigenvalue weighted by Gasteiger charge is 2.82. The molecule has 0 saturated carbocycles. The van der Waals surface area contributed by atoms with Crippen LogP contribution in [0.4, 0.5) is 52.7 Å². The molecule has 21 heavy (non-hydrogen) atoms. The van der Waals surface area contributed by atoms with Gasteiger partial charge in [-0.25, -0.2) is 0 Å². The quantitative estimate of drug-likeness (QED) is 0.500. The van der Waals surface area contributed by atoms with Crippen LogP contribution in [0.15, 0.2) is 0 Å². The van der Waals surface area contributed by atoms with Crippen LogP contribution in [0.3, 0.4) is 0 Å². The summed E-state index contributed by atoms with van der Waals surface area (Å²) in [6, 6.07) is 0. The highest BCUT2D eigenvalue weighted by atomic mass is 32.2. The van der Waals surface area contributed by atoms with Crippen molar-refractivity contribution in [2.24, 2.45) is 0 Å². The number of halogens is 12. The van der Waals surface area contributed by atoms with Gasteiger partial charge < -0.3 is 0 Å². The Bertz CT molecular complexity index is 358. The zero-order chi connectivity index (χ0) is 17.5. The SMILES string of the molecule is CC(OSC(F)(F)C(F)(F)C(F)(F)C(F)(F)F)C(F)(F)F. The molecular formula is C7H4F12OS. The van der Waals surface area contributed by atoms with Gasteiger partial charge in [-0.05, 0) is 6.92 Å². The lowest BCUT2D eigenvalue weighted by Gasteiger charge is -2.33. The molecule has 0 radical (unpaired) electrons. The molecule has 0 heterocycles. The molecule has 0 aromatic rings. The summed E-state index contributed by atoms with van der Waals surface area (Å²) in [4.78, 5) is 0. The molecule has 0 fully saturated rings. The van der Waals surface area contributed by atoms with E-state index in [9.17, 15) is 52.7 Å². The first-order chi connectivity index (χ1) is 8.88. The number of hydrogen-bond acceptors (Lipinski definition) is 2. The van der Waals surface area contributed by atoms with Crippen molar-refractivity contribution >= 4 is 12.0 Å². The molecule has 0 rings (SSSR count). The summed E-state index contributed by atoms with van der Waals surface area (Å²) in [5.41, 5.74) is 0. The minimum Gasteiger partial charge on any atom is -0.297 e. The van der Waals surface area contributed by atoms with Crippen LogP contribution in [0.25, 0.3) is 0 Å². The lowest BCUT2D eigenvalue weighted by atomic mass is 10.1. The van der Waals surface area contributed by atoms with Crippen LogP contribution in [0.1, 0.15) is 6.92 Å². The zero-order valence-electron chi connectivity index (χ0n) is 9.43. The van der Waals surface area contributed by atoms with Gasteiger partial charge in [-0.3, -0.25) is 4.18 Å². The lowest BCUT2D eigenvalue weighted by molar-refractivity contribution is -0.381. The molecule has 128 valence electrons. The van der Waals surface area contributed by atoms with E-state index in [1.807, 2.05) is 0 Å². The van der Waals surface area contributed by atoms with Crippen molar-refractivity contribution in [1.29, 1.82) is 0 Å². The fraction of sp³-hybridized carbons (Fsp3) is 1.00. The average molecular weight is 364 g/mol. The second kappa shape index (κ2) is 5.59. The van der Waals surface area contributed by atoms with Gasteiger partial charge in [-0.2, -0.15) is 52.7 Å². The van der Waals surface area contributed by atoms with E-state index in [0.717, 1.165) is 0 Å². The van der Waals surface area contributed by atoms with E-state index in [1.165, 1.54) is 0 Å². The van der Waals surface area contributed by atoms with E-state index >= 15 is 0 Å². The molecule has 0 amide bonds. The third kappa shape index (κ3) is 4.02. The Hall–Kier alpha value is -0.530. The van der Waals surface area contributed by atoms with Crippen LogP contribution < -0.4 is 0 Å². The van der Waals surface area contributed by atoms with Crippen LogP contribution >= 0.6 is 12.0 Å². The van der Waals surface area contributed by atoms with Crippen molar-refractivity contribution in [2.75, 3.05) is 0 Å². The van der Waals surface area contributed by atoms with Gasteiger partial charge in [0.1, 0.15) is 0 Å². The fourth-order valence-electron chi connectivity index (χ4n) is 0.600. The van der Waals surface area contributed by atoms with Gasteiger partial charge in [-0.15, -0.1) is 0 Å². The highest BCUT2D eigenvalue weighted by molar-refractivity contribution is 7.95. The molecule has 1 unspecified atom stereocenters. The molecule has 0 N–H and O–H groups in total. The molecule has 0 aromatic carbocycles. The molecule has 0 aliphatic carbocycles. The molecule has 0 aliphatic rings. The molecule has 0 saturated heterocycles. The molecule has 14 heteroatoms. The summed E-state index contributed by atoms with van der Waals surface area (Å²) >= 11 is -2.12. The Morgan fingerprint density at radius 1 is 0.714 bits per heavy atom. The number of hydrogen-bond donors (Lipinski definition) is 0. The molecule has 0 bridgehead atoms. The van der Waals surface area contributed by atoms with Crippen molar-refractivity contribution in [2.45, 2.75) is 42.5 Å². The first-order valence-electron chi connectivity index (χ1n) is 4.49. The van der Waals surface area contributed by atoms with E-state index in [0.29, 0.717) is 0 Å². The van der Waals surface area contributed by atoms with Crippen LogP contribution in [-0.2, 0) is 4.18 Å². The van der Waals surface area contributed by atoms with E-state index < -0.39 is 47.6 Å². The third-order valence-corrected chi connectivity index (χ3v) is 2.72. The van der Waals surface area contributed by atoms with Gasteiger partial charge in [0.2, 0.25) is 0 Å². The molecule has 1 nitrogen and oxygen atoms in total.